The zero-order chi connectivity index (χ0) is 13.7. The van der Waals surface area contributed by atoms with Crippen molar-refractivity contribution < 1.29 is 14.7 Å². The second-order valence-corrected chi connectivity index (χ2v) is 5.80. The van der Waals surface area contributed by atoms with Crippen LogP contribution in [0.5, 0.6) is 0 Å². The molecule has 6 heteroatoms. The number of carbonyl (C=O) groups excluding carboxylic acids is 1. The van der Waals surface area contributed by atoms with Gasteiger partial charge in [-0.2, -0.15) is 0 Å². The topological polar surface area (TPSA) is 66.4 Å². The number of carboxylic acid groups (broad SMARTS) is 1. The number of carboxylic acids is 1. The Kier molecular flexibility index (Phi) is 5.81. The predicted molar refractivity (Wildman–Crippen MR) is 75.6 cm³/mol. The molecule has 18 heavy (non-hydrogen) atoms. The average Bonchev–Trinajstić information content (AvgIpc) is 2.25. The van der Waals surface area contributed by atoms with Gasteiger partial charge in [0.2, 0.25) is 0 Å². The molecule has 1 aromatic rings. The van der Waals surface area contributed by atoms with Gasteiger partial charge in [0.05, 0.1) is 0 Å². The second-order valence-electron chi connectivity index (χ2n) is 3.97. The van der Waals surface area contributed by atoms with Crippen LogP contribution in [0.2, 0.25) is 0 Å². The minimum atomic E-state index is -0.860. The van der Waals surface area contributed by atoms with E-state index in [2.05, 4.69) is 37.2 Å². The second kappa shape index (κ2) is 6.89. The maximum absolute atomic E-state index is 11.9. The molecule has 1 unspecified atom stereocenters. The van der Waals surface area contributed by atoms with Crippen LogP contribution in [0, 0.1) is 0 Å². The van der Waals surface area contributed by atoms with Gasteiger partial charge in [-0.1, -0.05) is 31.9 Å². The van der Waals surface area contributed by atoms with Crippen LogP contribution in [0.3, 0.4) is 0 Å². The molecule has 0 aromatic heterocycles. The Morgan fingerprint density at radius 2 is 1.83 bits per heavy atom. The summed E-state index contributed by atoms with van der Waals surface area (Å²) in [5.41, 5.74) is 0.526. The Hall–Kier alpha value is -0.880. The first-order chi connectivity index (χ1) is 8.38. The Bertz CT molecular complexity index is 442. The van der Waals surface area contributed by atoms with Crippen molar-refractivity contribution in [2.75, 3.05) is 0 Å². The molecule has 1 atom stereocenters. The first kappa shape index (κ1) is 15.2. The largest absolute Gasteiger partial charge is 0.481 e. The number of hydrogen-bond donors (Lipinski definition) is 2. The van der Waals surface area contributed by atoms with Crippen molar-refractivity contribution in [1.82, 2.24) is 5.32 Å². The predicted octanol–water partition coefficient (Wildman–Crippen LogP) is 3.19. The fourth-order valence-electron chi connectivity index (χ4n) is 1.40. The summed E-state index contributed by atoms with van der Waals surface area (Å²) in [6.45, 7) is 1.79. The number of benzene rings is 1. The van der Waals surface area contributed by atoms with Gasteiger partial charge in [0.25, 0.3) is 5.91 Å². The third-order valence-corrected chi connectivity index (χ3v) is 3.21. The molecule has 0 heterocycles. The minimum absolute atomic E-state index is 0.0453. The molecule has 4 nitrogen and oxygen atoms in total. The summed E-state index contributed by atoms with van der Waals surface area (Å²) in [6.07, 6.45) is 0.458. The molecule has 0 saturated heterocycles. The first-order valence-electron chi connectivity index (χ1n) is 5.37. The van der Waals surface area contributed by atoms with Crippen LogP contribution in [0.4, 0.5) is 0 Å². The lowest BCUT2D eigenvalue weighted by molar-refractivity contribution is -0.137. The molecule has 0 aliphatic rings. The zero-order valence-corrected chi connectivity index (χ0v) is 12.9. The molecule has 0 aliphatic carbocycles. The molecule has 0 saturated carbocycles. The summed E-state index contributed by atoms with van der Waals surface area (Å²) in [7, 11) is 0. The van der Waals surface area contributed by atoms with Crippen LogP contribution in [0.1, 0.15) is 30.1 Å². The zero-order valence-electron chi connectivity index (χ0n) is 9.74. The minimum Gasteiger partial charge on any atom is -0.481 e. The Balaban J connectivity index is 2.61. The number of halogens is 2. The molecule has 2 N–H and O–H groups in total. The van der Waals surface area contributed by atoms with Crippen LogP contribution in [0.15, 0.2) is 27.1 Å². The number of hydrogen-bond acceptors (Lipinski definition) is 2. The normalized spacial score (nSPS) is 11.9. The van der Waals surface area contributed by atoms with E-state index in [0.29, 0.717) is 12.0 Å². The van der Waals surface area contributed by atoms with Gasteiger partial charge in [-0.25, -0.2) is 0 Å². The quantitative estimate of drug-likeness (QED) is 0.826. The molecule has 0 aliphatic heterocycles. The number of aliphatic carboxylic acids is 1. The van der Waals surface area contributed by atoms with Crippen LogP contribution in [0.25, 0.3) is 0 Å². The highest BCUT2D eigenvalue weighted by Gasteiger charge is 2.12. The highest BCUT2D eigenvalue weighted by molar-refractivity contribution is 9.11. The van der Waals surface area contributed by atoms with E-state index in [1.807, 2.05) is 6.07 Å². The van der Waals surface area contributed by atoms with Gasteiger partial charge in [0.15, 0.2) is 0 Å². The maximum Gasteiger partial charge on any atom is 0.303 e. The van der Waals surface area contributed by atoms with E-state index in [1.165, 1.54) is 0 Å². The van der Waals surface area contributed by atoms with Crippen LogP contribution >= 0.6 is 31.9 Å². The van der Waals surface area contributed by atoms with E-state index >= 15 is 0 Å². The van der Waals surface area contributed by atoms with Crippen LogP contribution in [-0.4, -0.2) is 23.0 Å². The van der Waals surface area contributed by atoms with E-state index < -0.39 is 5.97 Å². The third kappa shape index (κ3) is 5.18. The van der Waals surface area contributed by atoms with E-state index in [9.17, 15) is 9.59 Å². The lowest BCUT2D eigenvalue weighted by atomic mass is 10.1. The summed E-state index contributed by atoms with van der Waals surface area (Å²) in [4.78, 5) is 22.3. The lowest BCUT2D eigenvalue weighted by Gasteiger charge is -2.13. The number of amides is 1. The van der Waals surface area contributed by atoms with Crippen LogP contribution < -0.4 is 5.32 Å². The number of nitrogens with one attached hydrogen (secondary N) is 1. The SMILES string of the molecule is CC(CCC(=O)O)NC(=O)c1cc(Br)cc(Br)c1. The molecular formula is C12H13Br2NO3. The highest BCUT2D eigenvalue weighted by Crippen LogP contribution is 2.20. The van der Waals surface area contributed by atoms with Crippen molar-refractivity contribution >= 4 is 43.7 Å². The van der Waals surface area contributed by atoms with Gasteiger partial charge < -0.3 is 10.4 Å². The van der Waals surface area contributed by atoms with Crippen molar-refractivity contribution in [3.63, 3.8) is 0 Å². The molecule has 0 radical (unpaired) electrons. The number of carbonyl (C=O) groups is 2. The lowest BCUT2D eigenvalue weighted by Crippen LogP contribution is -2.32. The molecule has 98 valence electrons. The van der Waals surface area contributed by atoms with Crippen molar-refractivity contribution in [2.45, 2.75) is 25.8 Å². The summed E-state index contributed by atoms with van der Waals surface area (Å²) < 4.78 is 1.61. The molecule has 1 amide bonds. The molecule has 0 fully saturated rings. The monoisotopic (exact) mass is 377 g/mol. The fourth-order valence-corrected chi connectivity index (χ4v) is 2.70. The van der Waals surface area contributed by atoms with E-state index in [4.69, 9.17) is 5.11 Å². The standard InChI is InChI=1S/C12H13Br2NO3/c1-7(2-3-11(16)17)15-12(18)8-4-9(13)6-10(14)5-8/h4-7H,2-3H2,1H3,(H,15,18)(H,16,17). The van der Waals surface area contributed by atoms with Gasteiger partial charge in [-0.05, 0) is 31.5 Å². The average molecular weight is 379 g/mol. The molecule has 0 spiro atoms. The Labute approximate surface area is 122 Å². The fraction of sp³-hybridized carbons (Fsp3) is 0.333. The molecule has 1 rings (SSSR count). The van der Waals surface area contributed by atoms with E-state index in [0.717, 1.165) is 8.95 Å². The van der Waals surface area contributed by atoms with Crippen molar-refractivity contribution in [1.29, 1.82) is 0 Å². The molecule has 0 bridgehead atoms. The van der Waals surface area contributed by atoms with E-state index in [1.54, 1.807) is 19.1 Å². The summed E-state index contributed by atoms with van der Waals surface area (Å²) in [6, 6.07) is 5.09. The van der Waals surface area contributed by atoms with Crippen molar-refractivity contribution in [3.05, 3.63) is 32.7 Å². The molecule has 1 aromatic carbocycles. The first-order valence-corrected chi connectivity index (χ1v) is 6.96. The third-order valence-electron chi connectivity index (χ3n) is 2.29. The summed E-state index contributed by atoms with van der Waals surface area (Å²) >= 11 is 6.62. The van der Waals surface area contributed by atoms with Crippen molar-refractivity contribution in [2.24, 2.45) is 0 Å². The van der Waals surface area contributed by atoms with Gasteiger partial charge in [0, 0.05) is 27.0 Å². The van der Waals surface area contributed by atoms with Crippen LogP contribution in [-0.2, 0) is 4.79 Å². The summed E-state index contributed by atoms with van der Waals surface area (Å²) in [5.74, 6) is -1.07. The molecular weight excluding hydrogens is 366 g/mol. The summed E-state index contributed by atoms with van der Waals surface area (Å²) in [5, 5.41) is 11.3. The van der Waals surface area contributed by atoms with Gasteiger partial charge in [-0.3, -0.25) is 9.59 Å². The highest BCUT2D eigenvalue weighted by atomic mass is 79.9. The van der Waals surface area contributed by atoms with Crippen molar-refractivity contribution in [3.8, 4) is 0 Å². The Morgan fingerprint density at radius 1 is 1.28 bits per heavy atom. The van der Waals surface area contributed by atoms with Gasteiger partial charge in [0.1, 0.15) is 0 Å². The van der Waals surface area contributed by atoms with Gasteiger partial charge >= 0.3 is 5.97 Å². The Morgan fingerprint density at radius 3 is 2.33 bits per heavy atom. The van der Waals surface area contributed by atoms with E-state index in [-0.39, 0.29) is 18.4 Å². The number of rotatable bonds is 5. The smallest absolute Gasteiger partial charge is 0.303 e. The maximum atomic E-state index is 11.9. The van der Waals surface area contributed by atoms with Gasteiger partial charge in [-0.15, -0.1) is 0 Å².